The van der Waals surface area contributed by atoms with Crippen molar-refractivity contribution in [2.75, 3.05) is 0 Å². The molecule has 1 nitrogen and oxygen atoms in total. The molecule has 0 radical (unpaired) electrons. The zero-order chi connectivity index (χ0) is 13.8. The Hall–Kier alpha value is -0.820. The van der Waals surface area contributed by atoms with E-state index in [1.165, 1.54) is 48.8 Å². The molecule has 0 saturated heterocycles. The molecule has 1 aromatic rings. The van der Waals surface area contributed by atoms with Gasteiger partial charge < -0.3 is 5.11 Å². The minimum atomic E-state index is -0.158. The summed E-state index contributed by atoms with van der Waals surface area (Å²) in [5, 5.41) is 10.6. The van der Waals surface area contributed by atoms with Crippen LogP contribution in [0.15, 0.2) is 18.2 Å². The predicted molar refractivity (Wildman–Crippen MR) is 81.4 cm³/mol. The summed E-state index contributed by atoms with van der Waals surface area (Å²) < 4.78 is 0. The molecule has 19 heavy (non-hydrogen) atoms. The van der Waals surface area contributed by atoms with Crippen LogP contribution in [-0.4, -0.2) is 11.2 Å². The van der Waals surface area contributed by atoms with E-state index in [-0.39, 0.29) is 6.10 Å². The van der Waals surface area contributed by atoms with Crippen molar-refractivity contribution in [3.63, 3.8) is 0 Å². The first-order valence-electron chi connectivity index (χ1n) is 7.85. The fourth-order valence-electron chi connectivity index (χ4n) is 3.60. The van der Waals surface area contributed by atoms with Crippen LogP contribution in [0.25, 0.3) is 0 Å². The number of rotatable bonds is 4. The molecule has 0 heterocycles. The molecule has 1 aliphatic rings. The van der Waals surface area contributed by atoms with Gasteiger partial charge in [-0.2, -0.15) is 0 Å². The third-order valence-electron chi connectivity index (χ3n) is 5.00. The van der Waals surface area contributed by atoms with Crippen molar-refractivity contribution in [3.8, 4) is 0 Å². The lowest BCUT2D eigenvalue weighted by atomic mass is 9.76. The number of hydrogen-bond donors (Lipinski definition) is 1. The van der Waals surface area contributed by atoms with Gasteiger partial charge >= 0.3 is 0 Å². The predicted octanol–water partition coefficient (Wildman–Crippen LogP) is 4.42. The summed E-state index contributed by atoms with van der Waals surface area (Å²) in [6, 6.07) is 6.42. The molecule has 106 valence electrons. The number of hydrogen-bond acceptors (Lipinski definition) is 1. The van der Waals surface area contributed by atoms with Gasteiger partial charge in [-0.3, -0.25) is 0 Å². The summed E-state index contributed by atoms with van der Waals surface area (Å²) in [5.41, 5.74) is 4.00. The van der Waals surface area contributed by atoms with E-state index in [1.54, 1.807) is 0 Å². The van der Waals surface area contributed by atoms with Crippen LogP contribution < -0.4 is 0 Å². The highest BCUT2D eigenvalue weighted by molar-refractivity contribution is 5.34. The van der Waals surface area contributed by atoms with E-state index in [1.807, 2.05) is 0 Å². The van der Waals surface area contributed by atoms with Crippen LogP contribution in [0.2, 0.25) is 0 Å². The van der Waals surface area contributed by atoms with Gasteiger partial charge in [0.05, 0.1) is 6.10 Å². The van der Waals surface area contributed by atoms with Gasteiger partial charge in [0.1, 0.15) is 0 Å². The maximum absolute atomic E-state index is 10.6. The Morgan fingerprint density at radius 2 is 1.89 bits per heavy atom. The number of benzene rings is 1. The van der Waals surface area contributed by atoms with Crippen LogP contribution >= 0.6 is 0 Å². The summed E-state index contributed by atoms with van der Waals surface area (Å²) in [6.45, 7) is 6.60. The van der Waals surface area contributed by atoms with Crippen LogP contribution in [-0.2, 0) is 6.42 Å². The highest BCUT2D eigenvalue weighted by Crippen LogP contribution is 2.34. The molecule has 1 saturated carbocycles. The fraction of sp³-hybridized carbons (Fsp3) is 0.667. The van der Waals surface area contributed by atoms with E-state index >= 15 is 0 Å². The molecular weight excluding hydrogens is 232 g/mol. The third kappa shape index (κ3) is 3.60. The van der Waals surface area contributed by atoms with E-state index in [0.717, 1.165) is 12.3 Å². The van der Waals surface area contributed by atoms with Crippen molar-refractivity contribution in [2.24, 2.45) is 11.8 Å². The van der Waals surface area contributed by atoms with Gasteiger partial charge in [-0.25, -0.2) is 0 Å². The lowest BCUT2D eigenvalue weighted by molar-refractivity contribution is 0.0683. The smallest absolute Gasteiger partial charge is 0.0609 e. The topological polar surface area (TPSA) is 20.2 Å². The molecule has 1 heteroatoms. The average molecular weight is 260 g/mol. The molecule has 1 N–H and O–H groups in total. The maximum Gasteiger partial charge on any atom is 0.0609 e. The van der Waals surface area contributed by atoms with Gasteiger partial charge in [-0.1, -0.05) is 44.4 Å². The minimum absolute atomic E-state index is 0.158. The molecule has 0 aromatic heterocycles. The van der Waals surface area contributed by atoms with Gasteiger partial charge in [0, 0.05) is 0 Å². The minimum Gasteiger partial charge on any atom is -0.392 e. The Morgan fingerprint density at radius 1 is 1.21 bits per heavy atom. The lowest BCUT2D eigenvalue weighted by Gasteiger charge is -2.32. The third-order valence-corrected chi connectivity index (χ3v) is 5.00. The number of aryl methyl sites for hydroxylation is 2. The monoisotopic (exact) mass is 260 g/mol. The van der Waals surface area contributed by atoms with Gasteiger partial charge in [-0.15, -0.1) is 0 Å². The van der Waals surface area contributed by atoms with Crippen LogP contribution in [0.1, 0.15) is 55.7 Å². The zero-order valence-corrected chi connectivity index (χ0v) is 12.7. The van der Waals surface area contributed by atoms with Crippen molar-refractivity contribution in [2.45, 2.75) is 65.4 Å². The van der Waals surface area contributed by atoms with Gasteiger partial charge in [0.25, 0.3) is 0 Å². The molecule has 3 unspecified atom stereocenters. The number of aliphatic hydroxyl groups excluding tert-OH is 1. The normalized spacial score (nSPS) is 25.3. The second-order valence-electron chi connectivity index (χ2n) is 6.34. The highest BCUT2D eigenvalue weighted by atomic mass is 16.3. The van der Waals surface area contributed by atoms with E-state index in [9.17, 15) is 5.11 Å². The first-order valence-corrected chi connectivity index (χ1v) is 7.85. The second kappa shape index (κ2) is 6.56. The van der Waals surface area contributed by atoms with Gasteiger partial charge in [0.15, 0.2) is 0 Å². The van der Waals surface area contributed by atoms with E-state index in [0.29, 0.717) is 5.92 Å². The Morgan fingerprint density at radius 3 is 2.53 bits per heavy atom. The standard InChI is InChI=1S/C18H28O/c1-4-15-9-6-10-16(11-15)18(19)12-17-13(2)7-5-8-14(17)3/h5,7-8,15-16,18-19H,4,6,9-12H2,1-3H3. The molecule has 1 aromatic carbocycles. The molecule has 0 spiro atoms. The van der Waals surface area contributed by atoms with Crippen molar-refractivity contribution in [3.05, 3.63) is 34.9 Å². The number of aliphatic hydroxyl groups is 1. The molecule has 1 fully saturated rings. The molecule has 0 bridgehead atoms. The van der Waals surface area contributed by atoms with Gasteiger partial charge in [-0.05, 0) is 61.6 Å². The fourth-order valence-corrected chi connectivity index (χ4v) is 3.60. The Kier molecular flexibility index (Phi) is 5.04. The Balaban J connectivity index is 2.02. The van der Waals surface area contributed by atoms with E-state index in [2.05, 4.69) is 39.0 Å². The lowest BCUT2D eigenvalue weighted by Crippen LogP contribution is -2.28. The average Bonchev–Trinajstić information content (AvgIpc) is 2.43. The van der Waals surface area contributed by atoms with Gasteiger partial charge in [0.2, 0.25) is 0 Å². The van der Waals surface area contributed by atoms with E-state index < -0.39 is 0 Å². The zero-order valence-electron chi connectivity index (χ0n) is 12.7. The quantitative estimate of drug-likeness (QED) is 0.849. The van der Waals surface area contributed by atoms with Crippen LogP contribution in [0.5, 0.6) is 0 Å². The summed E-state index contributed by atoms with van der Waals surface area (Å²) in [4.78, 5) is 0. The van der Waals surface area contributed by atoms with Crippen molar-refractivity contribution in [1.82, 2.24) is 0 Å². The first kappa shape index (κ1) is 14.6. The largest absolute Gasteiger partial charge is 0.392 e. The molecular formula is C18H28O. The summed E-state index contributed by atoms with van der Waals surface area (Å²) in [7, 11) is 0. The van der Waals surface area contributed by atoms with Crippen LogP contribution in [0.3, 0.4) is 0 Å². The molecule has 3 atom stereocenters. The van der Waals surface area contributed by atoms with Crippen molar-refractivity contribution >= 4 is 0 Å². The Bertz CT molecular complexity index is 390. The van der Waals surface area contributed by atoms with E-state index in [4.69, 9.17) is 0 Å². The van der Waals surface area contributed by atoms with Crippen LogP contribution in [0.4, 0.5) is 0 Å². The molecule has 2 rings (SSSR count). The van der Waals surface area contributed by atoms with Crippen molar-refractivity contribution in [1.29, 1.82) is 0 Å². The maximum atomic E-state index is 10.6. The van der Waals surface area contributed by atoms with Crippen LogP contribution in [0, 0.1) is 25.7 Å². The summed E-state index contributed by atoms with van der Waals surface area (Å²) in [6.07, 6.45) is 7.04. The second-order valence-corrected chi connectivity index (χ2v) is 6.34. The first-order chi connectivity index (χ1) is 9.11. The highest BCUT2D eigenvalue weighted by Gasteiger charge is 2.27. The summed E-state index contributed by atoms with van der Waals surface area (Å²) >= 11 is 0. The molecule has 1 aliphatic carbocycles. The molecule has 0 amide bonds. The Labute approximate surface area is 118 Å². The SMILES string of the molecule is CCC1CCCC(C(O)Cc2c(C)cccc2C)C1. The summed E-state index contributed by atoms with van der Waals surface area (Å²) in [5.74, 6) is 1.35. The van der Waals surface area contributed by atoms with Crippen molar-refractivity contribution < 1.29 is 5.11 Å². The molecule has 0 aliphatic heterocycles.